The Bertz CT molecular complexity index is 570. The highest BCUT2D eigenvalue weighted by Crippen LogP contribution is 2.22. The number of carbonyl (C=O) groups excluding carboxylic acids is 1. The van der Waals surface area contributed by atoms with E-state index in [0.29, 0.717) is 16.9 Å². The highest BCUT2D eigenvalue weighted by atomic mass is 79.9. The lowest BCUT2D eigenvalue weighted by Crippen LogP contribution is -2.25. The monoisotopic (exact) mass is 348 g/mol. The second-order valence-corrected chi connectivity index (χ2v) is 7.01. The minimum Gasteiger partial charge on any atom is -0.352 e. The Labute approximate surface area is 121 Å². The van der Waals surface area contributed by atoms with Crippen LogP contribution in [0.4, 0.5) is 0 Å². The van der Waals surface area contributed by atoms with Gasteiger partial charge in [-0.25, -0.2) is 13.6 Å². The summed E-state index contributed by atoms with van der Waals surface area (Å²) in [5.41, 5.74) is 0.274. The Morgan fingerprint density at radius 1 is 1.42 bits per heavy atom. The molecule has 0 radical (unpaired) electrons. The van der Waals surface area contributed by atoms with Gasteiger partial charge in [0.15, 0.2) is 0 Å². The molecule has 3 N–H and O–H groups in total. The van der Waals surface area contributed by atoms with Crippen molar-refractivity contribution in [3.63, 3.8) is 0 Å². The normalized spacial score (nSPS) is 11.6. The van der Waals surface area contributed by atoms with Gasteiger partial charge in [0.1, 0.15) is 0 Å². The van der Waals surface area contributed by atoms with E-state index in [1.807, 2.05) is 0 Å². The van der Waals surface area contributed by atoms with E-state index < -0.39 is 10.0 Å². The van der Waals surface area contributed by atoms with Crippen LogP contribution in [0.5, 0.6) is 0 Å². The van der Waals surface area contributed by atoms with Crippen molar-refractivity contribution in [3.8, 4) is 0 Å². The number of rotatable bonds is 5. The quantitative estimate of drug-likeness (QED) is 0.850. The maximum absolute atomic E-state index is 11.9. The van der Waals surface area contributed by atoms with Crippen molar-refractivity contribution >= 4 is 31.9 Å². The largest absolute Gasteiger partial charge is 0.352 e. The zero-order chi connectivity index (χ0) is 14.6. The summed E-state index contributed by atoms with van der Waals surface area (Å²) in [7, 11) is -3.85. The second kappa shape index (κ2) is 6.49. The van der Waals surface area contributed by atoms with Crippen LogP contribution in [-0.2, 0) is 10.0 Å². The number of primary sulfonamides is 1. The van der Waals surface area contributed by atoms with E-state index >= 15 is 0 Å². The van der Waals surface area contributed by atoms with Crippen molar-refractivity contribution < 1.29 is 13.2 Å². The van der Waals surface area contributed by atoms with E-state index in [-0.39, 0.29) is 16.4 Å². The van der Waals surface area contributed by atoms with Crippen LogP contribution in [0.1, 0.15) is 30.6 Å². The zero-order valence-corrected chi connectivity index (χ0v) is 13.2. The topological polar surface area (TPSA) is 89.3 Å². The average molecular weight is 349 g/mol. The summed E-state index contributed by atoms with van der Waals surface area (Å²) in [6.45, 7) is 4.67. The van der Waals surface area contributed by atoms with E-state index in [4.69, 9.17) is 5.14 Å². The summed E-state index contributed by atoms with van der Waals surface area (Å²) in [6.07, 6.45) is 0.865. The van der Waals surface area contributed by atoms with E-state index in [2.05, 4.69) is 35.1 Å². The third-order valence-electron chi connectivity index (χ3n) is 2.51. The number of amides is 1. The van der Waals surface area contributed by atoms with E-state index in [1.165, 1.54) is 12.1 Å². The molecule has 1 aromatic rings. The molecule has 7 heteroatoms. The number of sulfonamides is 1. The third kappa shape index (κ3) is 4.93. The fraction of sp³-hybridized carbons (Fsp3) is 0.417. The smallest absolute Gasteiger partial charge is 0.251 e. The second-order valence-electron chi connectivity index (χ2n) is 4.63. The molecule has 0 aliphatic heterocycles. The van der Waals surface area contributed by atoms with Crippen LogP contribution in [0.25, 0.3) is 0 Å². The summed E-state index contributed by atoms with van der Waals surface area (Å²) in [5.74, 6) is 0.184. The lowest BCUT2D eigenvalue weighted by Gasteiger charge is -2.09. The maximum Gasteiger partial charge on any atom is 0.251 e. The Kier molecular flexibility index (Phi) is 5.51. The third-order valence-corrected chi connectivity index (χ3v) is 4.41. The van der Waals surface area contributed by atoms with Gasteiger partial charge in [-0.3, -0.25) is 4.79 Å². The van der Waals surface area contributed by atoms with Gasteiger partial charge in [0.05, 0.1) is 4.90 Å². The first-order chi connectivity index (χ1) is 8.71. The number of carbonyl (C=O) groups is 1. The molecule has 0 fully saturated rings. The Balaban J connectivity index is 2.88. The molecule has 0 atom stereocenters. The maximum atomic E-state index is 11.9. The van der Waals surface area contributed by atoms with Crippen LogP contribution in [-0.4, -0.2) is 20.9 Å². The predicted molar refractivity (Wildman–Crippen MR) is 77.3 cm³/mol. The minimum absolute atomic E-state index is 0.0935. The number of benzene rings is 1. The fourth-order valence-electron chi connectivity index (χ4n) is 1.44. The SMILES string of the molecule is CC(C)CCNC(=O)c1ccc(Br)c(S(N)(=O)=O)c1. The van der Waals surface area contributed by atoms with Gasteiger partial charge >= 0.3 is 0 Å². The Morgan fingerprint density at radius 3 is 2.58 bits per heavy atom. The molecule has 106 valence electrons. The summed E-state index contributed by atoms with van der Waals surface area (Å²) < 4.78 is 23.0. The van der Waals surface area contributed by atoms with Crippen LogP contribution in [0.15, 0.2) is 27.6 Å². The molecule has 0 aliphatic rings. The average Bonchev–Trinajstić information content (AvgIpc) is 2.27. The lowest BCUT2D eigenvalue weighted by atomic mass is 10.1. The number of hydrogen-bond acceptors (Lipinski definition) is 3. The van der Waals surface area contributed by atoms with Gasteiger partial charge in [0.25, 0.3) is 5.91 Å². The molecule has 19 heavy (non-hydrogen) atoms. The number of halogens is 1. The molecule has 0 saturated heterocycles. The van der Waals surface area contributed by atoms with Crippen molar-refractivity contribution in [2.75, 3.05) is 6.54 Å². The molecule has 0 heterocycles. The molecule has 0 aromatic heterocycles. The molecule has 1 rings (SSSR count). The lowest BCUT2D eigenvalue weighted by molar-refractivity contribution is 0.0952. The molecule has 1 aromatic carbocycles. The zero-order valence-electron chi connectivity index (χ0n) is 10.8. The highest BCUT2D eigenvalue weighted by Gasteiger charge is 2.15. The molecule has 0 unspecified atom stereocenters. The summed E-state index contributed by atoms with van der Waals surface area (Å²) in [4.78, 5) is 11.8. The van der Waals surface area contributed by atoms with Gasteiger partial charge < -0.3 is 5.32 Å². The first-order valence-corrected chi connectivity index (χ1v) is 8.16. The molecular weight excluding hydrogens is 332 g/mol. The van der Waals surface area contributed by atoms with Crippen molar-refractivity contribution in [2.45, 2.75) is 25.2 Å². The van der Waals surface area contributed by atoms with Crippen molar-refractivity contribution in [1.29, 1.82) is 0 Å². The standard InChI is InChI=1S/C12H17BrN2O3S/c1-8(2)5-6-15-12(16)9-3-4-10(13)11(7-9)19(14,17)18/h3-4,7-8H,5-6H2,1-2H3,(H,15,16)(H2,14,17,18). The predicted octanol–water partition coefficient (Wildman–Crippen LogP) is 1.87. The van der Waals surface area contributed by atoms with Gasteiger partial charge in [0, 0.05) is 16.6 Å². The Hall–Kier alpha value is -0.920. The summed E-state index contributed by atoms with van der Waals surface area (Å²) in [5, 5.41) is 7.82. The van der Waals surface area contributed by atoms with Gasteiger partial charge in [-0.05, 0) is 46.5 Å². The van der Waals surface area contributed by atoms with Crippen molar-refractivity contribution in [3.05, 3.63) is 28.2 Å². The van der Waals surface area contributed by atoms with E-state index in [0.717, 1.165) is 6.42 Å². The molecular formula is C12H17BrN2O3S. The molecule has 5 nitrogen and oxygen atoms in total. The highest BCUT2D eigenvalue weighted by molar-refractivity contribution is 9.10. The minimum atomic E-state index is -3.85. The Morgan fingerprint density at radius 2 is 2.05 bits per heavy atom. The first kappa shape index (κ1) is 16.1. The molecule has 1 amide bonds. The van der Waals surface area contributed by atoms with Crippen LogP contribution < -0.4 is 10.5 Å². The van der Waals surface area contributed by atoms with Crippen molar-refractivity contribution in [1.82, 2.24) is 5.32 Å². The van der Waals surface area contributed by atoms with E-state index in [9.17, 15) is 13.2 Å². The van der Waals surface area contributed by atoms with Crippen LogP contribution in [0.2, 0.25) is 0 Å². The molecule has 0 saturated carbocycles. The van der Waals surface area contributed by atoms with Gasteiger partial charge in [0.2, 0.25) is 10.0 Å². The van der Waals surface area contributed by atoms with E-state index in [1.54, 1.807) is 6.07 Å². The molecule has 0 spiro atoms. The van der Waals surface area contributed by atoms with Crippen molar-refractivity contribution in [2.24, 2.45) is 11.1 Å². The molecule has 0 aliphatic carbocycles. The van der Waals surface area contributed by atoms with Crippen LogP contribution in [0.3, 0.4) is 0 Å². The first-order valence-electron chi connectivity index (χ1n) is 5.82. The summed E-state index contributed by atoms with van der Waals surface area (Å²) in [6, 6.07) is 4.31. The molecule has 0 bridgehead atoms. The van der Waals surface area contributed by atoms with Gasteiger partial charge in [-0.15, -0.1) is 0 Å². The van der Waals surface area contributed by atoms with Gasteiger partial charge in [-0.1, -0.05) is 13.8 Å². The number of nitrogens with two attached hydrogens (primary N) is 1. The summed E-state index contributed by atoms with van der Waals surface area (Å²) >= 11 is 3.10. The fourth-order valence-corrected chi connectivity index (χ4v) is 2.99. The number of hydrogen-bond donors (Lipinski definition) is 2. The van der Waals surface area contributed by atoms with Crippen LogP contribution >= 0.6 is 15.9 Å². The van der Waals surface area contributed by atoms with Gasteiger partial charge in [-0.2, -0.15) is 0 Å². The van der Waals surface area contributed by atoms with Crippen LogP contribution in [0, 0.1) is 5.92 Å². The number of nitrogens with one attached hydrogen (secondary N) is 1.